The number of hydrogen-bond donors (Lipinski definition) is 1. The summed E-state index contributed by atoms with van der Waals surface area (Å²) in [6.07, 6.45) is 1.32. The minimum absolute atomic E-state index is 0.294. The summed E-state index contributed by atoms with van der Waals surface area (Å²) in [5.74, 6) is 1.87. The Balaban J connectivity index is 2.33. The van der Waals surface area contributed by atoms with E-state index >= 15 is 0 Å². The number of furan rings is 1. The highest BCUT2D eigenvalue weighted by atomic mass is 16.5. The molecule has 16 heavy (non-hydrogen) atoms. The molecule has 0 amide bonds. The van der Waals surface area contributed by atoms with E-state index in [0.29, 0.717) is 18.8 Å². The Morgan fingerprint density at radius 2 is 1.94 bits per heavy atom. The van der Waals surface area contributed by atoms with Crippen LogP contribution < -0.4 is 5.32 Å². The van der Waals surface area contributed by atoms with E-state index in [1.54, 1.807) is 0 Å². The molecule has 0 aliphatic carbocycles. The van der Waals surface area contributed by atoms with Crippen molar-refractivity contribution in [3.05, 3.63) is 23.7 Å². The largest absolute Gasteiger partial charge is 0.462 e. The maximum atomic E-state index is 5.64. The lowest BCUT2D eigenvalue weighted by Crippen LogP contribution is -2.21. The fraction of sp³-hybridized carbons (Fsp3) is 0.692. The summed E-state index contributed by atoms with van der Waals surface area (Å²) < 4.78 is 11.2. The second-order valence-corrected chi connectivity index (χ2v) is 4.43. The molecule has 0 aliphatic heterocycles. The van der Waals surface area contributed by atoms with E-state index in [2.05, 4.69) is 33.0 Å². The van der Waals surface area contributed by atoms with E-state index in [9.17, 15) is 0 Å². The van der Waals surface area contributed by atoms with Gasteiger partial charge < -0.3 is 14.5 Å². The number of rotatable bonds is 7. The first-order chi connectivity index (χ1) is 7.61. The van der Waals surface area contributed by atoms with Gasteiger partial charge in [0.1, 0.15) is 18.1 Å². The molecule has 1 unspecified atom stereocenters. The lowest BCUT2D eigenvalue weighted by Gasteiger charge is -2.08. The van der Waals surface area contributed by atoms with Gasteiger partial charge >= 0.3 is 0 Å². The third kappa shape index (κ3) is 4.81. The first-order valence-electron chi connectivity index (χ1n) is 6.04. The molecule has 0 aliphatic rings. The molecule has 1 aromatic rings. The van der Waals surface area contributed by atoms with E-state index < -0.39 is 0 Å². The van der Waals surface area contributed by atoms with Gasteiger partial charge in [0.2, 0.25) is 0 Å². The maximum absolute atomic E-state index is 5.64. The summed E-state index contributed by atoms with van der Waals surface area (Å²) in [6.45, 7) is 9.78. The molecular formula is C13H23NO2. The van der Waals surface area contributed by atoms with Gasteiger partial charge in [-0.2, -0.15) is 0 Å². The molecule has 1 heterocycles. The van der Waals surface area contributed by atoms with Crippen molar-refractivity contribution in [2.45, 2.75) is 59.4 Å². The van der Waals surface area contributed by atoms with Gasteiger partial charge in [-0.3, -0.25) is 0 Å². The monoisotopic (exact) mass is 225 g/mol. The van der Waals surface area contributed by atoms with E-state index in [1.807, 2.05) is 12.1 Å². The van der Waals surface area contributed by atoms with Gasteiger partial charge in [-0.15, -0.1) is 0 Å². The number of hydrogen-bond acceptors (Lipinski definition) is 3. The fourth-order valence-electron chi connectivity index (χ4n) is 1.24. The van der Waals surface area contributed by atoms with Crippen LogP contribution >= 0.6 is 0 Å². The van der Waals surface area contributed by atoms with Gasteiger partial charge in [0.05, 0.1) is 12.6 Å². The highest BCUT2D eigenvalue weighted by molar-refractivity contribution is 5.06. The van der Waals surface area contributed by atoms with Crippen LogP contribution in [0.2, 0.25) is 0 Å². The smallest absolute Gasteiger partial charge is 0.129 e. The molecule has 0 aromatic carbocycles. The molecule has 0 fully saturated rings. The highest BCUT2D eigenvalue weighted by Gasteiger charge is 2.05. The van der Waals surface area contributed by atoms with Gasteiger partial charge in [0.25, 0.3) is 0 Å². The van der Waals surface area contributed by atoms with Crippen molar-refractivity contribution in [2.24, 2.45) is 0 Å². The highest BCUT2D eigenvalue weighted by Crippen LogP contribution is 2.10. The SMILES string of the molecule is CCC(C)OCc1ccc(CNC(C)C)o1. The Kier molecular flexibility index (Phi) is 5.56. The predicted octanol–water partition coefficient (Wildman–Crippen LogP) is 3.09. The van der Waals surface area contributed by atoms with Crippen LogP contribution in [-0.2, 0) is 17.9 Å². The lowest BCUT2D eigenvalue weighted by molar-refractivity contribution is 0.0400. The van der Waals surface area contributed by atoms with Crippen molar-refractivity contribution in [2.75, 3.05) is 0 Å². The lowest BCUT2D eigenvalue weighted by atomic mass is 10.3. The van der Waals surface area contributed by atoms with E-state index in [1.165, 1.54) is 0 Å². The fourth-order valence-corrected chi connectivity index (χ4v) is 1.24. The van der Waals surface area contributed by atoms with Crippen LogP contribution in [0.1, 0.15) is 45.6 Å². The quantitative estimate of drug-likeness (QED) is 0.774. The van der Waals surface area contributed by atoms with Crippen molar-refractivity contribution in [3.8, 4) is 0 Å². The summed E-state index contributed by atoms with van der Waals surface area (Å²) in [5.41, 5.74) is 0. The van der Waals surface area contributed by atoms with Crippen molar-refractivity contribution in [1.29, 1.82) is 0 Å². The molecule has 3 heteroatoms. The molecule has 1 atom stereocenters. The molecular weight excluding hydrogens is 202 g/mol. The Bertz CT molecular complexity index is 294. The molecule has 1 N–H and O–H groups in total. The molecule has 92 valence electrons. The Labute approximate surface area is 98.2 Å². The minimum Gasteiger partial charge on any atom is -0.462 e. The molecule has 0 spiro atoms. The topological polar surface area (TPSA) is 34.4 Å². The van der Waals surface area contributed by atoms with Gasteiger partial charge in [-0.25, -0.2) is 0 Å². The third-order valence-corrected chi connectivity index (χ3v) is 2.49. The van der Waals surface area contributed by atoms with Crippen LogP contribution in [-0.4, -0.2) is 12.1 Å². The van der Waals surface area contributed by atoms with Gasteiger partial charge in [-0.1, -0.05) is 20.8 Å². The molecule has 1 rings (SSSR count). The zero-order valence-electron chi connectivity index (χ0n) is 10.7. The Morgan fingerprint density at radius 3 is 2.56 bits per heavy atom. The maximum Gasteiger partial charge on any atom is 0.129 e. The van der Waals surface area contributed by atoms with Crippen LogP contribution in [0.15, 0.2) is 16.5 Å². The summed E-state index contributed by atoms with van der Waals surface area (Å²) in [6, 6.07) is 4.47. The molecule has 1 aromatic heterocycles. The first-order valence-corrected chi connectivity index (χ1v) is 6.04. The van der Waals surface area contributed by atoms with Gasteiger partial charge in [0.15, 0.2) is 0 Å². The standard InChI is InChI=1S/C13H23NO2/c1-5-11(4)15-9-13-7-6-12(16-13)8-14-10(2)3/h6-7,10-11,14H,5,8-9H2,1-4H3. The average molecular weight is 225 g/mol. The van der Waals surface area contributed by atoms with Crippen LogP contribution in [0.4, 0.5) is 0 Å². The minimum atomic E-state index is 0.294. The molecule has 0 saturated carbocycles. The third-order valence-electron chi connectivity index (χ3n) is 2.49. The average Bonchev–Trinajstić information content (AvgIpc) is 2.71. The zero-order chi connectivity index (χ0) is 12.0. The van der Waals surface area contributed by atoms with Crippen molar-refractivity contribution >= 4 is 0 Å². The summed E-state index contributed by atoms with van der Waals surface area (Å²) in [7, 11) is 0. The normalized spacial score (nSPS) is 13.3. The van der Waals surface area contributed by atoms with Crippen LogP contribution in [0.5, 0.6) is 0 Å². The zero-order valence-corrected chi connectivity index (χ0v) is 10.7. The van der Waals surface area contributed by atoms with Crippen molar-refractivity contribution in [3.63, 3.8) is 0 Å². The van der Waals surface area contributed by atoms with E-state index in [4.69, 9.17) is 9.15 Å². The molecule has 0 bridgehead atoms. The van der Waals surface area contributed by atoms with Crippen LogP contribution in [0.25, 0.3) is 0 Å². The van der Waals surface area contributed by atoms with Gasteiger partial charge in [0, 0.05) is 6.04 Å². The number of nitrogens with one attached hydrogen (secondary N) is 1. The summed E-state index contributed by atoms with van der Waals surface area (Å²) >= 11 is 0. The van der Waals surface area contributed by atoms with Gasteiger partial charge in [-0.05, 0) is 25.5 Å². The molecule has 3 nitrogen and oxygen atoms in total. The second-order valence-electron chi connectivity index (χ2n) is 4.43. The van der Waals surface area contributed by atoms with Crippen LogP contribution in [0.3, 0.4) is 0 Å². The first kappa shape index (κ1) is 13.3. The number of ether oxygens (including phenoxy) is 1. The summed E-state index contributed by atoms with van der Waals surface area (Å²) in [5, 5.41) is 3.32. The second kappa shape index (κ2) is 6.71. The summed E-state index contributed by atoms with van der Waals surface area (Å²) in [4.78, 5) is 0. The Hall–Kier alpha value is -0.800. The van der Waals surface area contributed by atoms with Crippen molar-refractivity contribution in [1.82, 2.24) is 5.32 Å². The van der Waals surface area contributed by atoms with E-state index in [-0.39, 0.29) is 0 Å². The van der Waals surface area contributed by atoms with E-state index in [0.717, 1.165) is 24.5 Å². The Morgan fingerprint density at radius 1 is 1.25 bits per heavy atom. The van der Waals surface area contributed by atoms with Crippen molar-refractivity contribution < 1.29 is 9.15 Å². The molecule has 0 radical (unpaired) electrons. The predicted molar refractivity (Wildman–Crippen MR) is 65.2 cm³/mol. The molecule has 0 saturated heterocycles. The van der Waals surface area contributed by atoms with Crippen LogP contribution in [0, 0.1) is 0 Å².